The van der Waals surface area contributed by atoms with Gasteiger partial charge in [0.05, 0.1) is 10.6 Å². The molecule has 0 bridgehead atoms. The number of hydrogen-bond donors (Lipinski definition) is 0. The number of carbonyl (C=O) groups excluding carboxylic acids is 1. The quantitative estimate of drug-likeness (QED) is 0.299. The molecule has 2 unspecified atom stereocenters. The van der Waals surface area contributed by atoms with Crippen LogP contribution in [0, 0.1) is 13.8 Å². The largest absolute Gasteiger partial charge is 0.489 e. The SMILES string of the molecule is Cc1ccc(C(=O)N(c2cc3c(c4ccccc24)OC2CCCCC32)S(=O)(=O)c2ccc(C)cc2)cc1. The monoisotopic (exact) mass is 511 g/mol. The summed E-state index contributed by atoms with van der Waals surface area (Å²) in [6.45, 7) is 3.84. The van der Waals surface area contributed by atoms with Crippen molar-refractivity contribution < 1.29 is 17.9 Å². The number of fused-ring (bicyclic) bond motifs is 5. The molecule has 0 radical (unpaired) electrons. The smallest absolute Gasteiger partial charge is 0.272 e. The Morgan fingerprint density at radius 1 is 0.838 bits per heavy atom. The van der Waals surface area contributed by atoms with Crippen molar-refractivity contribution in [3.8, 4) is 5.75 Å². The summed E-state index contributed by atoms with van der Waals surface area (Å²) in [5.74, 6) is 0.446. The molecule has 188 valence electrons. The normalized spacial score (nSPS) is 18.6. The van der Waals surface area contributed by atoms with Gasteiger partial charge in [0.1, 0.15) is 11.9 Å². The molecule has 0 N–H and O–H groups in total. The van der Waals surface area contributed by atoms with Gasteiger partial charge in [-0.2, -0.15) is 4.31 Å². The van der Waals surface area contributed by atoms with Crippen LogP contribution in [0.2, 0.25) is 0 Å². The average Bonchev–Trinajstić information content (AvgIpc) is 3.28. The highest BCUT2D eigenvalue weighted by molar-refractivity contribution is 7.93. The van der Waals surface area contributed by atoms with Crippen molar-refractivity contribution in [2.45, 2.75) is 56.4 Å². The third-order valence-corrected chi connectivity index (χ3v) is 9.35. The van der Waals surface area contributed by atoms with Gasteiger partial charge in [0.15, 0.2) is 0 Å². The standard InChI is InChI=1S/C31H29NO4S/c1-20-11-15-22(16-12-20)31(33)32(37(34,35)23-17-13-21(2)14-18-23)28-19-27-25-8-5-6-10-29(25)36-30(27)26-9-4-3-7-24(26)28/h3-4,7,9,11-19,25,29H,5-6,8,10H2,1-2H3. The van der Waals surface area contributed by atoms with Crippen LogP contribution >= 0.6 is 0 Å². The number of hydrogen-bond acceptors (Lipinski definition) is 4. The van der Waals surface area contributed by atoms with E-state index in [2.05, 4.69) is 0 Å². The van der Waals surface area contributed by atoms with Gasteiger partial charge in [-0.3, -0.25) is 4.79 Å². The van der Waals surface area contributed by atoms with E-state index in [-0.39, 0.29) is 16.9 Å². The Hall–Kier alpha value is -3.64. The molecule has 1 aliphatic heterocycles. The summed E-state index contributed by atoms with van der Waals surface area (Å²) in [5, 5.41) is 1.52. The van der Waals surface area contributed by atoms with Crippen LogP contribution in [0.15, 0.2) is 83.8 Å². The zero-order valence-corrected chi connectivity index (χ0v) is 21.8. The van der Waals surface area contributed by atoms with Crippen molar-refractivity contribution in [3.05, 3.63) is 101 Å². The van der Waals surface area contributed by atoms with E-state index < -0.39 is 15.9 Å². The van der Waals surface area contributed by atoms with Gasteiger partial charge in [-0.1, -0.05) is 66.1 Å². The zero-order chi connectivity index (χ0) is 25.7. The van der Waals surface area contributed by atoms with Crippen LogP contribution in [-0.4, -0.2) is 20.4 Å². The molecule has 4 aromatic carbocycles. The maximum absolute atomic E-state index is 14.2. The fraction of sp³-hybridized carbons (Fsp3) is 0.258. The van der Waals surface area contributed by atoms with Gasteiger partial charge in [0.25, 0.3) is 15.9 Å². The molecule has 1 fully saturated rings. The van der Waals surface area contributed by atoms with Crippen LogP contribution in [-0.2, 0) is 10.0 Å². The van der Waals surface area contributed by atoms with E-state index in [9.17, 15) is 13.2 Å². The summed E-state index contributed by atoms with van der Waals surface area (Å²) >= 11 is 0. The first kappa shape index (κ1) is 23.7. The molecular formula is C31H29NO4S. The molecule has 0 spiro atoms. The Morgan fingerprint density at radius 3 is 2.16 bits per heavy atom. The van der Waals surface area contributed by atoms with E-state index >= 15 is 0 Å². The number of nitrogens with zero attached hydrogens (tertiary/aromatic N) is 1. The Labute approximate surface area is 217 Å². The highest BCUT2D eigenvalue weighted by Crippen LogP contribution is 2.51. The van der Waals surface area contributed by atoms with Crippen molar-refractivity contribution in [1.82, 2.24) is 0 Å². The first-order valence-corrected chi connectivity index (χ1v) is 14.2. The fourth-order valence-electron chi connectivity index (χ4n) is 5.65. The molecule has 1 amide bonds. The topological polar surface area (TPSA) is 63.7 Å². The number of aryl methyl sites for hydroxylation is 2. The molecule has 2 atom stereocenters. The Morgan fingerprint density at radius 2 is 1.46 bits per heavy atom. The summed E-state index contributed by atoms with van der Waals surface area (Å²) in [7, 11) is -4.22. The summed E-state index contributed by atoms with van der Waals surface area (Å²) in [6, 6.07) is 23.2. The first-order valence-electron chi connectivity index (χ1n) is 12.8. The molecule has 1 saturated carbocycles. The van der Waals surface area contributed by atoms with Crippen molar-refractivity contribution in [1.29, 1.82) is 0 Å². The Kier molecular flexibility index (Phi) is 5.80. The van der Waals surface area contributed by atoms with Crippen molar-refractivity contribution in [2.24, 2.45) is 0 Å². The molecule has 2 aliphatic rings. The number of rotatable bonds is 4. The molecule has 37 heavy (non-hydrogen) atoms. The third-order valence-electron chi connectivity index (χ3n) is 7.63. The van der Waals surface area contributed by atoms with Crippen LogP contribution in [0.25, 0.3) is 10.8 Å². The Bertz CT molecular complexity index is 1610. The van der Waals surface area contributed by atoms with Crippen molar-refractivity contribution >= 4 is 32.4 Å². The van der Waals surface area contributed by atoms with Gasteiger partial charge < -0.3 is 4.74 Å². The molecular weight excluding hydrogens is 482 g/mol. The van der Waals surface area contributed by atoms with E-state index in [1.807, 2.05) is 56.3 Å². The summed E-state index contributed by atoms with van der Waals surface area (Å²) in [6.07, 6.45) is 4.31. The lowest BCUT2D eigenvalue weighted by Crippen LogP contribution is -2.37. The first-order chi connectivity index (χ1) is 17.8. The summed E-state index contributed by atoms with van der Waals surface area (Å²) < 4.78 is 35.9. The number of carbonyl (C=O) groups is 1. The molecule has 5 nitrogen and oxygen atoms in total. The van der Waals surface area contributed by atoms with E-state index in [1.54, 1.807) is 36.4 Å². The lowest BCUT2D eigenvalue weighted by atomic mass is 9.82. The van der Waals surface area contributed by atoms with Gasteiger partial charge in [-0.15, -0.1) is 0 Å². The minimum atomic E-state index is -4.22. The van der Waals surface area contributed by atoms with Crippen LogP contribution in [0.4, 0.5) is 5.69 Å². The van der Waals surface area contributed by atoms with Gasteiger partial charge in [0.2, 0.25) is 0 Å². The van der Waals surface area contributed by atoms with Gasteiger partial charge in [0, 0.05) is 27.8 Å². The second kappa shape index (κ2) is 9.03. The minimum Gasteiger partial charge on any atom is -0.489 e. The average molecular weight is 512 g/mol. The van der Waals surface area contributed by atoms with Gasteiger partial charge >= 0.3 is 0 Å². The van der Waals surface area contributed by atoms with Crippen LogP contribution in [0.5, 0.6) is 5.75 Å². The molecule has 0 saturated heterocycles. The molecule has 6 heteroatoms. The van der Waals surface area contributed by atoms with Gasteiger partial charge in [-0.05, 0) is 63.4 Å². The summed E-state index contributed by atoms with van der Waals surface area (Å²) in [5.41, 5.74) is 3.62. The number of sulfonamides is 1. The van der Waals surface area contributed by atoms with Crippen LogP contribution < -0.4 is 9.04 Å². The Balaban J connectivity index is 1.61. The number of benzene rings is 4. The second-order valence-electron chi connectivity index (χ2n) is 10.2. The number of anilines is 1. The highest BCUT2D eigenvalue weighted by atomic mass is 32.2. The predicted octanol–water partition coefficient (Wildman–Crippen LogP) is 6.91. The van der Waals surface area contributed by atoms with E-state index in [0.29, 0.717) is 16.6 Å². The molecule has 6 rings (SSSR count). The second-order valence-corrected chi connectivity index (χ2v) is 11.9. The van der Waals surface area contributed by atoms with Crippen LogP contribution in [0.3, 0.4) is 0 Å². The summed E-state index contributed by atoms with van der Waals surface area (Å²) in [4.78, 5) is 14.2. The number of ether oxygens (including phenoxy) is 1. The van der Waals surface area contributed by atoms with Gasteiger partial charge in [-0.25, -0.2) is 8.42 Å². The minimum absolute atomic E-state index is 0.0786. The number of amides is 1. The molecule has 1 aliphatic carbocycles. The predicted molar refractivity (Wildman–Crippen MR) is 146 cm³/mol. The van der Waals surface area contributed by atoms with Crippen molar-refractivity contribution in [2.75, 3.05) is 4.31 Å². The zero-order valence-electron chi connectivity index (χ0n) is 21.0. The van der Waals surface area contributed by atoms with Crippen molar-refractivity contribution in [3.63, 3.8) is 0 Å². The van der Waals surface area contributed by atoms with Crippen LogP contribution in [0.1, 0.15) is 58.6 Å². The lowest BCUT2D eigenvalue weighted by Gasteiger charge is -2.26. The van der Waals surface area contributed by atoms with E-state index in [1.165, 1.54) is 0 Å². The lowest BCUT2D eigenvalue weighted by molar-refractivity contribution is 0.101. The van der Waals surface area contributed by atoms with E-state index in [0.717, 1.165) is 57.8 Å². The molecule has 1 heterocycles. The molecule has 4 aromatic rings. The maximum atomic E-state index is 14.2. The fourth-order valence-corrected chi connectivity index (χ4v) is 7.07. The highest BCUT2D eigenvalue weighted by Gasteiger charge is 2.40. The molecule has 0 aromatic heterocycles. The maximum Gasteiger partial charge on any atom is 0.272 e. The third kappa shape index (κ3) is 4.00. The van der Waals surface area contributed by atoms with E-state index in [4.69, 9.17) is 4.74 Å².